The molecule has 0 aliphatic heterocycles. The minimum absolute atomic E-state index is 0.296. The van der Waals surface area contributed by atoms with Crippen molar-refractivity contribution in [2.24, 2.45) is 0 Å². The SMILES string of the molecule is CCCCOC(=O)NNC(C(=O)O)c1ccc(OC)cc1. The molecule has 0 spiro atoms. The predicted molar refractivity (Wildman–Crippen MR) is 75.9 cm³/mol. The topological polar surface area (TPSA) is 96.9 Å². The van der Waals surface area contributed by atoms with Gasteiger partial charge in [-0.3, -0.25) is 10.2 Å². The van der Waals surface area contributed by atoms with E-state index in [1.807, 2.05) is 6.92 Å². The summed E-state index contributed by atoms with van der Waals surface area (Å²) in [5.74, 6) is -0.496. The average Bonchev–Trinajstić information content (AvgIpc) is 2.48. The van der Waals surface area contributed by atoms with Gasteiger partial charge >= 0.3 is 12.1 Å². The minimum atomic E-state index is -1.12. The Bertz CT molecular complexity index is 461. The summed E-state index contributed by atoms with van der Waals surface area (Å²) in [7, 11) is 1.52. The molecule has 0 aromatic heterocycles. The fourth-order valence-electron chi connectivity index (χ4n) is 1.56. The summed E-state index contributed by atoms with van der Waals surface area (Å²) in [6.07, 6.45) is 0.960. The van der Waals surface area contributed by atoms with Crippen LogP contribution < -0.4 is 15.6 Å². The first kappa shape index (κ1) is 16.8. The molecule has 0 saturated heterocycles. The first-order valence-electron chi connectivity index (χ1n) is 6.63. The monoisotopic (exact) mass is 296 g/mol. The Labute approximate surface area is 123 Å². The molecule has 0 aliphatic carbocycles. The van der Waals surface area contributed by atoms with Crippen LogP contribution in [0.2, 0.25) is 0 Å². The van der Waals surface area contributed by atoms with Crippen molar-refractivity contribution in [3.63, 3.8) is 0 Å². The second-order valence-electron chi connectivity index (χ2n) is 4.30. The third kappa shape index (κ3) is 5.70. The molecule has 0 saturated carbocycles. The number of nitrogens with one attached hydrogen (secondary N) is 2. The van der Waals surface area contributed by atoms with Crippen molar-refractivity contribution in [3.8, 4) is 5.75 Å². The second-order valence-corrected chi connectivity index (χ2v) is 4.30. The van der Waals surface area contributed by atoms with Crippen LogP contribution in [-0.2, 0) is 9.53 Å². The van der Waals surface area contributed by atoms with Crippen LogP contribution >= 0.6 is 0 Å². The first-order valence-corrected chi connectivity index (χ1v) is 6.63. The van der Waals surface area contributed by atoms with E-state index in [2.05, 4.69) is 10.9 Å². The van der Waals surface area contributed by atoms with Crippen molar-refractivity contribution >= 4 is 12.1 Å². The van der Waals surface area contributed by atoms with E-state index in [4.69, 9.17) is 9.47 Å². The van der Waals surface area contributed by atoms with Crippen LogP contribution in [0.3, 0.4) is 0 Å². The number of carboxylic acids is 1. The van der Waals surface area contributed by atoms with Gasteiger partial charge in [-0.1, -0.05) is 25.5 Å². The van der Waals surface area contributed by atoms with E-state index in [-0.39, 0.29) is 0 Å². The largest absolute Gasteiger partial charge is 0.497 e. The Morgan fingerprint density at radius 3 is 2.48 bits per heavy atom. The third-order valence-corrected chi connectivity index (χ3v) is 2.75. The van der Waals surface area contributed by atoms with Gasteiger partial charge in [0, 0.05) is 0 Å². The zero-order valence-corrected chi connectivity index (χ0v) is 12.1. The quantitative estimate of drug-likeness (QED) is 0.500. The molecule has 1 amide bonds. The maximum atomic E-state index is 11.4. The molecule has 7 nitrogen and oxygen atoms in total. The van der Waals surface area contributed by atoms with Crippen LogP contribution in [0.5, 0.6) is 5.75 Å². The number of hydrazine groups is 1. The number of aliphatic carboxylic acids is 1. The highest BCUT2D eigenvalue weighted by Gasteiger charge is 2.20. The third-order valence-electron chi connectivity index (χ3n) is 2.75. The molecular weight excluding hydrogens is 276 g/mol. The van der Waals surface area contributed by atoms with E-state index in [0.717, 1.165) is 12.8 Å². The molecule has 0 bridgehead atoms. The van der Waals surface area contributed by atoms with Crippen LogP contribution in [0.15, 0.2) is 24.3 Å². The van der Waals surface area contributed by atoms with Gasteiger partial charge in [0.2, 0.25) is 0 Å². The molecule has 1 rings (SSSR count). The summed E-state index contributed by atoms with van der Waals surface area (Å²) in [4.78, 5) is 22.6. The van der Waals surface area contributed by atoms with Crippen LogP contribution in [0.1, 0.15) is 31.4 Å². The maximum Gasteiger partial charge on any atom is 0.421 e. The number of amides is 1. The van der Waals surface area contributed by atoms with Crippen molar-refractivity contribution in [1.29, 1.82) is 0 Å². The van der Waals surface area contributed by atoms with Gasteiger partial charge in [0.05, 0.1) is 13.7 Å². The first-order chi connectivity index (χ1) is 10.1. The van der Waals surface area contributed by atoms with Crippen LogP contribution in [0, 0.1) is 0 Å². The molecule has 3 N–H and O–H groups in total. The highest BCUT2D eigenvalue weighted by atomic mass is 16.6. The average molecular weight is 296 g/mol. The molecule has 1 aromatic carbocycles. The maximum absolute atomic E-state index is 11.4. The van der Waals surface area contributed by atoms with E-state index < -0.39 is 18.1 Å². The zero-order valence-electron chi connectivity index (χ0n) is 12.1. The number of carbonyl (C=O) groups is 2. The van der Waals surface area contributed by atoms with Crippen LogP contribution in [0.25, 0.3) is 0 Å². The van der Waals surface area contributed by atoms with Crippen molar-refractivity contribution in [3.05, 3.63) is 29.8 Å². The molecule has 7 heteroatoms. The fraction of sp³-hybridized carbons (Fsp3) is 0.429. The van der Waals surface area contributed by atoms with Crippen molar-refractivity contribution in [2.75, 3.05) is 13.7 Å². The second kappa shape index (κ2) is 8.80. The minimum Gasteiger partial charge on any atom is -0.497 e. The number of unbranched alkanes of at least 4 members (excludes halogenated alkanes) is 1. The molecule has 0 heterocycles. The summed E-state index contributed by atoms with van der Waals surface area (Å²) >= 11 is 0. The Morgan fingerprint density at radius 2 is 1.95 bits per heavy atom. The Balaban J connectivity index is 2.57. The molecule has 1 atom stereocenters. The lowest BCUT2D eigenvalue weighted by Gasteiger charge is -2.16. The number of benzene rings is 1. The summed E-state index contributed by atoms with van der Waals surface area (Å²) in [5, 5.41) is 9.19. The molecule has 0 aliphatic rings. The molecule has 21 heavy (non-hydrogen) atoms. The van der Waals surface area contributed by atoms with Crippen LogP contribution in [0.4, 0.5) is 4.79 Å². The Morgan fingerprint density at radius 1 is 1.29 bits per heavy atom. The Kier molecular flexibility index (Phi) is 7.03. The number of carbonyl (C=O) groups excluding carboxylic acids is 1. The number of ether oxygens (including phenoxy) is 2. The van der Waals surface area contributed by atoms with Gasteiger partial charge in [0.1, 0.15) is 11.8 Å². The van der Waals surface area contributed by atoms with Gasteiger partial charge in [-0.25, -0.2) is 10.2 Å². The summed E-state index contributed by atoms with van der Waals surface area (Å²) < 4.78 is 9.86. The molecule has 0 fully saturated rings. The molecule has 0 radical (unpaired) electrons. The van der Waals surface area contributed by atoms with E-state index in [1.165, 1.54) is 7.11 Å². The Hall–Kier alpha value is -2.28. The lowest BCUT2D eigenvalue weighted by Crippen LogP contribution is -2.43. The number of rotatable bonds is 8. The summed E-state index contributed by atoms with van der Waals surface area (Å²) in [5.41, 5.74) is 5.15. The van der Waals surface area contributed by atoms with Gasteiger partial charge in [0.25, 0.3) is 0 Å². The fourth-order valence-corrected chi connectivity index (χ4v) is 1.56. The molecule has 1 unspecified atom stereocenters. The van der Waals surface area contributed by atoms with Gasteiger partial charge in [0.15, 0.2) is 0 Å². The van der Waals surface area contributed by atoms with Crippen molar-refractivity contribution in [1.82, 2.24) is 10.9 Å². The molecule has 1 aromatic rings. The van der Waals surface area contributed by atoms with E-state index in [0.29, 0.717) is 17.9 Å². The highest BCUT2D eigenvalue weighted by Crippen LogP contribution is 2.17. The van der Waals surface area contributed by atoms with Gasteiger partial charge in [-0.15, -0.1) is 0 Å². The number of hydrogen-bond donors (Lipinski definition) is 3. The number of methoxy groups -OCH3 is 1. The number of carboxylic acid groups (broad SMARTS) is 1. The molecular formula is C14H20N2O5. The van der Waals surface area contributed by atoms with Gasteiger partial charge in [-0.2, -0.15) is 0 Å². The standard InChI is InChI=1S/C14H20N2O5/c1-3-4-9-21-14(19)16-15-12(13(17)18)10-5-7-11(20-2)8-6-10/h5-8,12,15H,3-4,9H2,1-2H3,(H,16,19)(H,17,18). The molecule has 116 valence electrons. The predicted octanol–water partition coefficient (Wildman–Crippen LogP) is 1.85. The lowest BCUT2D eigenvalue weighted by molar-refractivity contribution is -0.139. The van der Waals surface area contributed by atoms with Crippen molar-refractivity contribution < 1.29 is 24.2 Å². The van der Waals surface area contributed by atoms with Gasteiger partial charge in [-0.05, 0) is 24.1 Å². The smallest absolute Gasteiger partial charge is 0.421 e. The van der Waals surface area contributed by atoms with E-state index in [1.54, 1.807) is 24.3 Å². The highest BCUT2D eigenvalue weighted by molar-refractivity contribution is 5.76. The van der Waals surface area contributed by atoms with Gasteiger partial charge < -0.3 is 14.6 Å². The van der Waals surface area contributed by atoms with Crippen LogP contribution in [-0.4, -0.2) is 30.9 Å². The number of hydrogen-bond acceptors (Lipinski definition) is 5. The van der Waals surface area contributed by atoms with E-state index in [9.17, 15) is 14.7 Å². The van der Waals surface area contributed by atoms with E-state index >= 15 is 0 Å². The van der Waals surface area contributed by atoms with Crippen molar-refractivity contribution in [2.45, 2.75) is 25.8 Å². The summed E-state index contributed by atoms with van der Waals surface area (Å²) in [6, 6.07) is 5.43. The lowest BCUT2D eigenvalue weighted by atomic mass is 10.1. The normalized spacial score (nSPS) is 11.5. The zero-order chi connectivity index (χ0) is 15.7. The summed E-state index contributed by atoms with van der Waals surface area (Å²) in [6.45, 7) is 2.27.